The number of ketones is 1. The lowest BCUT2D eigenvalue weighted by Crippen LogP contribution is -2.57. The second-order valence-electron chi connectivity index (χ2n) is 5.45. The van der Waals surface area contributed by atoms with E-state index in [1.165, 1.54) is 19.3 Å². The highest BCUT2D eigenvalue weighted by Crippen LogP contribution is 2.51. The molecule has 1 saturated heterocycles. The topological polar surface area (TPSA) is 35.5 Å². The van der Waals surface area contributed by atoms with E-state index in [9.17, 15) is 4.79 Å². The van der Waals surface area contributed by atoms with E-state index in [-0.39, 0.29) is 17.6 Å². The fourth-order valence-corrected chi connectivity index (χ4v) is 3.43. The van der Waals surface area contributed by atoms with E-state index >= 15 is 0 Å². The summed E-state index contributed by atoms with van der Waals surface area (Å²) >= 11 is 0. The summed E-state index contributed by atoms with van der Waals surface area (Å²) in [5.41, 5.74) is -0.0825. The van der Waals surface area contributed by atoms with E-state index in [0.29, 0.717) is 12.2 Å². The first-order valence-electron chi connectivity index (χ1n) is 6.58. The van der Waals surface area contributed by atoms with E-state index in [4.69, 9.17) is 9.47 Å². The zero-order valence-electron chi connectivity index (χ0n) is 9.74. The molecule has 0 amide bonds. The highest BCUT2D eigenvalue weighted by atomic mass is 16.6. The minimum atomic E-state index is -0.0825. The van der Waals surface area contributed by atoms with Crippen molar-refractivity contribution in [3.63, 3.8) is 0 Å². The van der Waals surface area contributed by atoms with Crippen molar-refractivity contribution < 1.29 is 14.3 Å². The van der Waals surface area contributed by atoms with Crippen molar-refractivity contribution in [1.82, 2.24) is 0 Å². The molecule has 0 aromatic carbocycles. The minimum Gasteiger partial charge on any atom is -0.379 e. The maximum absolute atomic E-state index is 11.9. The molecule has 1 heterocycles. The van der Waals surface area contributed by atoms with Gasteiger partial charge in [0.05, 0.1) is 24.2 Å². The Morgan fingerprint density at radius 2 is 2.06 bits per heavy atom. The van der Waals surface area contributed by atoms with Crippen LogP contribution < -0.4 is 0 Å². The average molecular weight is 224 g/mol. The predicted octanol–water partition coefficient (Wildman–Crippen LogP) is 2.08. The van der Waals surface area contributed by atoms with Gasteiger partial charge in [-0.3, -0.25) is 4.79 Å². The van der Waals surface area contributed by atoms with Crippen LogP contribution in [0.15, 0.2) is 0 Å². The van der Waals surface area contributed by atoms with Gasteiger partial charge in [-0.05, 0) is 19.3 Å². The SMILES string of the molecule is O=C1CC(OC2CCOC2)C12CCCCC2. The highest BCUT2D eigenvalue weighted by Gasteiger charge is 2.55. The second-order valence-corrected chi connectivity index (χ2v) is 5.45. The number of ether oxygens (including phenoxy) is 2. The molecule has 3 rings (SSSR count). The van der Waals surface area contributed by atoms with Crippen molar-refractivity contribution in [1.29, 1.82) is 0 Å². The first-order valence-corrected chi connectivity index (χ1v) is 6.58. The van der Waals surface area contributed by atoms with Gasteiger partial charge in [-0.1, -0.05) is 19.3 Å². The first kappa shape index (κ1) is 10.7. The Kier molecular flexibility index (Phi) is 2.76. The Balaban J connectivity index is 1.64. The fraction of sp³-hybridized carbons (Fsp3) is 0.923. The summed E-state index contributed by atoms with van der Waals surface area (Å²) in [7, 11) is 0. The molecule has 3 aliphatic rings. The molecule has 2 unspecified atom stereocenters. The molecule has 0 aromatic rings. The Morgan fingerprint density at radius 1 is 1.25 bits per heavy atom. The molecule has 3 nitrogen and oxygen atoms in total. The van der Waals surface area contributed by atoms with Crippen LogP contribution in [0.4, 0.5) is 0 Å². The monoisotopic (exact) mass is 224 g/mol. The van der Waals surface area contributed by atoms with Gasteiger partial charge in [-0.2, -0.15) is 0 Å². The van der Waals surface area contributed by atoms with Crippen molar-refractivity contribution in [2.75, 3.05) is 13.2 Å². The highest BCUT2D eigenvalue weighted by molar-refractivity contribution is 5.92. The molecule has 90 valence electrons. The molecule has 0 N–H and O–H groups in total. The first-order chi connectivity index (χ1) is 7.81. The van der Waals surface area contributed by atoms with Crippen LogP contribution in [0.25, 0.3) is 0 Å². The van der Waals surface area contributed by atoms with Gasteiger partial charge in [0.15, 0.2) is 0 Å². The lowest BCUT2D eigenvalue weighted by molar-refractivity contribution is -0.177. The van der Waals surface area contributed by atoms with Crippen molar-refractivity contribution in [2.45, 2.75) is 57.2 Å². The molecule has 1 aliphatic heterocycles. The third-order valence-corrected chi connectivity index (χ3v) is 4.53. The molecule has 0 bridgehead atoms. The van der Waals surface area contributed by atoms with Crippen molar-refractivity contribution in [2.24, 2.45) is 5.41 Å². The molecule has 1 spiro atoms. The summed E-state index contributed by atoms with van der Waals surface area (Å²) in [6.07, 6.45) is 7.91. The Bertz CT molecular complexity index is 275. The fourth-order valence-electron chi connectivity index (χ4n) is 3.43. The zero-order chi connectivity index (χ0) is 11.0. The maximum atomic E-state index is 11.9. The molecule has 3 heteroatoms. The summed E-state index contributed by atoms with van der Waals surface area (Å²) in [6, 6.07) is 0. The zero-order valence-corrected chi connectivity index (χ0v) is 9.74. The van der Waals surface area contributed by atoms with Gasteiger partial charge in [-0.15, -0.1) is 0 Å². The molecule has 16 heavy (non-hydrogen) atoms. The third-order valence-electron chi connectivity index (χ3n) is 4.53. The Morgan fingerprint density at radius 3 is 2.69 bits per heavy atom. The molecular formula is C13H20O3. The number of Topliss-reactive ketones (excluding diaryl/α,β-unsaturated/α-hetero) is 1. The van der Waals surface area contributed by atoms with Crippen molar-refractivity contribution in [3.05, 3.63) is 0 Å². The van der Waals surface area contributed by atoms with E-state index < -0.39 is 0 Å². The van der Waals surface area contributed by atoms with E-state index in [1.807, 2.05) is 0 Å². The van der Waals surface area contributed by atoms with Crippen molar-refractivity contribution in [3.8, 4) is 0 Å². The molecule has 0 aromatic heterocycles. The van der Waals surface area contributed by atoms with E-state index in [1.54, 1.807) is 0 Å². The molecule has 2 saturated carbocycles. The molecular weight excluding hydrogens is 204 g/mol. The molecule has 2 atom stereocenters. The van der Waals surface area contributed by atoms with Crippen LogP contribution in [0.3, 0.4) is 0 Å². The summed E-state index contributed by atoms with van der Waals surface area (Å²) < 4.78 is 11.4. The second kappa shape index (κ2) is 4.11. The van der Waals surface area contributed by atoms with Crippen LogP contribution in [0.1, 0.15) is 44.9 Å². The largest absolute Gasteiger partial charge is 0.379 e. The van der Waals surface area contributed by atoms with Gasteiger partial charge in [0.1, 0.15) is 5.78 Å². The third kappa shape index (κ3) is 1.61. The van der Waals surface area contributed by atoms with Crippen LogP contribution in [0.2, 0.25) is 0 Å². The van der Waals surface area contributed by atoms with Crippen molar-refractivity contribution >= 4 is 5.78 Å². The van der Waals surface area contributed by atoms with Crippen LogP contribution in [0.5, 0.6) is 0 Å². The average Bonchev–Trinajstić information content (AvgIpc) is 2.83. The number of carbonyl (C=O) groups is 1. The van der Waals surface area contributed by atoms with E-state index in [2.05, 4.69) is 0 Å². The quantitative estimate of drug-likeness (QED) is 0.720. The van der Waals surface area contributed by atoms with Gasteiger partial charge in [0.2, 0.25) is 0 Å². The van der Waals surface area contributed by atoms with Gasteiger partial charge >= 0.3 is 0 Å². The normalized spacial score (nSPS) is 37.6. The number of carbonyl (C=O) groups excluding carboxylic acids is 1. The lowest BCUT2D eigenvalue weighted by Gasteiger charge is -2.50. The Hall–Kier alpha value is -0.410. The van der Waals surface area contributed by atoms with Crippen LogP contribution in [0, 0.1) is 5.41 Å². The summed E-state index contributed by atoms with van der Waals surface area (Å²) in [5.74, 6) is 0.455. The predicted molar refractivity (Wildman–Crippen MR) is 59.2 cm³/mol. The van der Waals surface area contributed by atoms with Crippen LogP contribution in [-0.2, 0) is 14.3 Å². The number of hydrogen-bond donors (Lipinski definition) is 0. The molecule has 3 fully saturated rings. The van der Waals surface area contributed by atoms with Gasteiger partial charge in [0, 0.05) is 13.0 Å². The summed E-state index contributed by atoms with van der Waals surface area (Å²) in [6.45, 7) is 1.54. The van der Waals surface area contributed by atoms with Crippen LogP contribution >= 0.6 is 0 Å². The number of hydrogen-bond acceptors (Lipinski definition) is 3. The Labute approximate surface area is 96.5 Å². The smallest absolute Gasteiger partial charge is 0.144 e. The number of rotatable bonds is 2. The van der Waals surface area contributed by atoms with Gasteiger partial charge in [-0.25, -0.2) is 0 Å². The summed E-state index contributed by atoms with van der Waals surface area (Å²) in [5, 5.41) is 0. The molecule has 2 aliphatic carbocycles. The lowest BCUT2D eigenvalue weighted by atomic mass is 9.57. The summed E-state index contributed by atoms with van der Waals surface area (Å²) in [4.78, 5) is 11.9. The molecule has 0 radical (unpaired) electrons. The van der Waals surface area contributed by atoms with Gasteiger partial charge in [0.25, 0.3) is 0 Å². The van der Waals surface area contributed by atoms with Gasteiger partial charge < -0.3 is 9.47 Å². The minimum absolute atomic E-state index is 0.0825. The van der Waals surface area contributed by atoms with E-state index in [0.717, 1.165) is 32.5 Å². The maximum Gasteiger partial charge on any atom is 0.144 e. The standard InChI is InChI=1S/C13H20O3/c14-11-8-12(16-10-4-7-15-9-10)13(11)5-2-1-3-6-13/h10,12H,1-9H2. The van der Waals surface area contributed by atoms with Crippen LogP contribution in [-0.4, -0.2) is 31.2 Å².